The van der Waals surface area contributed by atoms with E-state index in [1.807, 2.05) is 18.4 Å². The first-order valence-corrected chi connectivity index (χ1v) is 4.55. The van der Waals surface area contributed by atoms with Gasteiger partial charge in [-0.05, 0) is 20.8 Å². The number of aliphatic hydroxyl groups excluding tert-OH is 1. The number of nitrogens with one attached hydrogen (secondary N) is 1. The molecule has 5 nitrogen and oxygen atoms in total. The molecule has 0 bridgehead atoms. The minimum atomic E-state index is -0.570. The van der Waals surface area contributed by atoms with Gasteiger partial charge in [0.1, 0.15) is 6.10 Å². The molecule has 0 saturated heterocycles. The van der Waals surface area contributed by atoms with Crippen LogP contribution < -0.4 is 5.32 Å². The second-order valence-electron chi connectivity index (χ2n) is 2.83. The zero-order valence-electron chi connectivity index (χ0n) is 8.28. The summed E-state index contributed by atoms with van der Waals surface area (Å²) in [5.41, 5.74) is 0. The molecule has 0 aliphatic carbocycles. The number of anilines is 1. The van der Waals surface area contributed by atoms with E-state index in [4.69, 9.17) is 0 Å². The molecule has 0 unspecified atom stereocenters. The zero-order valence-corrected chi connectivity index (χ0v) is 8.28. The highest BCUT2D eigenvalue weighted by atomic mass is 16.3. The lowest BCUT2D eigenvalue weighted by molar-refractivity contribution is 0.184. The SMILES string of the molecule is CCNc1nnc([C@H](C)O)n1CC. The molecule has 0 aliphatic heterocycles. The molecule has 1 aromatic rings. The van der Waals surface area contributed by atoms with Crippen molar-refractivity contribution in [1.29, 1.82) is 0 Å². The Morgan fingerprint density at radius 3 is 2.62 bits per heavy atom. The average Bonchev–Trinajstić information content (AvgIpc) is 2.48. The Morgan fingerprint density at radius 2 is 2.15 bits per heavy atom. The summed E-state index contributed by atoms with van der Waals surface area (Å²) in [6.45, 7) is 7.24. The van der Waals surface area contributed by atoms with Crippen LogP contribution in [0.25, 0.3) is 0 Å². The van der Waals surface area contributed by atoms with Crippen molar-refractivity contribution in [2.75, 3.05) is 11.9 Å². The Balaban J connectivity index is 2.96. The van der Waals surface area contributed by atoms with Crippen molar-refractivity contribution in [2.45, 2.75) is 33.4 Å². The van der Waals surface area contributed by atoms with E-state index in [9.17, 15) is 5.11 Å². The summed E-state index contributed by atoms with van der Waals surface area (Å²) < 4.78 is 1.87. The molecular formula is C8H16N4O. The van der Waals surface area contributed by atoms with Crippen LogP contribution in [0.1, 0.15) is 32.7 Å². The van der Waals surface area contributed by atoms with E-state index in [0.717, 1.165) is 19.0 Å². The number of aromatic nitrogens is 3. The molecular weight excluding hydrogens is 168 g/mol. The summed E-state index contributed by atoms with van der Waals surface area (Å²) >= 11 is 0. The summed E-state index contributed by atoms with van der Waals surface area (Å²) in [5.74, 6) is 1.33. The molecule has 0 aliphatic rings. The van der Waals surface area contributed by atoms with E-state index in [-0.39, 0.29) is 0 Å². The Bertz CT molecular complexity index is 269. The summed E-state index contributed by atoms with van der Waals surface area (Å²) in [5, 5.41) is 20.3. The van der Waals surface area contributed by atoms with Crippen LogP contribution in [0.15, 0.2) is 0 Å². The first kappa shape index (κ1) is 9.98. The van der Waals surface area contributed by atoms with Crippen LogP contribution in [-0.4, -0.2) is 26.4 Å². The van der Waals surface area contributed by atoms with Gasteiger partial charge >= 0.3 is 0 Å². The van der Waals surface area contributed by atoms with Crippen molar-refractivity contribution < 1.29 is 5.11 Å². The summed E-state index contributed by atoms with van der Waals surface area (Å²) in [6.07, 6.45) is -0.570. The maximum Gasteiger partial charge on any atom is 0.224 e. The topological polar surface area (TPSA) is 63.0 Å². The first-order chi connectivity index (χ1) is 6.20. The van der Waals surface area contributed by atoms with Crippen molar-refractivity contribution in [3.63, 3.8) is 0 Å². The fraction of sp³-hybridized carbons (Fsp3) is 0.750. The van der Waals surface area contributed by atoms with Crippen molar-refractivity contribution >= 4 is 5.95 Å². The standard InChI is InChI=1S/C8H16N4O/c1-4-9-8-11-10-7(6(3)13)12(8)5-2/h6,13H,4-5H2,1-3H3,(H,9,11)/t6-/m0/s1. The van der Waals surface area contributed by atoms with Gasteiger partial charge in [-0.25, -0.2) is 0 Å². The molecule has 5 heteroatoms. The monoisotopic (exact) mass is 184 g/mol. The summed E-state index contributed by atoms with van der Waals surface area (Å²) in [6, 6.07) is 0. The van der Waals surface area contributed by atoms with E-state index < -0.39 is 6.10 Å². The maximum absolute atomic E-state index is 9.37. The number of aliphatic hydroxyl groups is 1. The molecule has 1 aromatic heterocycles. The van der Waals surface area contributed by atoms with Gasteiger partial charge in [-0.3, -0.25) is 4.57 Å². The number of hydrogen-bond donors (Lipinski definition) is 2. The normalized spacial score (nSPS) is 12.9. The Labute approximate surface area is 77.8 Å². The third-order valence-corrected chi connectivity index (χ3v) is 1.80. The molecule has 1 heterocycles. The molecule has 0 fully saturated rings. The van der Waals surface area contributed by atoms with E-state index >= 15 is 0 Å². The van der Waals surface area contributed by atoms with Gasteiger partial charge in [0.25, 0.3) is 0 Å². The first-order valence-electron chi connectivity index (χ1n) is 4.55. The van der Waals surface area contributed by atoms with E-state index in [0.29, 0.717) is 5.82 Å². The number of rotatable bonds is 4. The van der Waals surface area contributed by atoms with E-state index in [1.165, 1.54) is 0 Å². The molecule has 1 rings (SSSR count). The van der Waals surface area contributed by atoms with Gasteiger partial charge in [-0.1, -0.05) is 0 Å². The smallest absolute Gasteiger partial charge is 0.224 e. The molecule has 0 spiro atoms. The predicted octanol–water partition coefficient (Wildman–Crippen LogP) is 0.783. The third kappa shape index (κ3) is 1.98. The van der Waals surface area contributed by atoms with Crippen LogP contribution in [-0.2, 0) is 6.54 Å². The van der Waals surface area contributed by atoms with Crippen LogP contribution in [0.4, 0.5) is 5.95 Å². The molecule has 2 N–H and O–H groups in total. The van der Waals surface area contributed by atoms with Crippen LogP contribution in [0.3, 0.4) is 0 Å². The molecule has 0 saturated carbocycles. The molecule has 74 valence electrons. The Kier molecular flexibility index (Phi) is 3.25. The van der Waals surface area contributed by atoms with Gasteiger partial charge in [0, 0.05) is 13.1 Å². The van der Waals surface area contributed by atoms with Gasteiger partial charge in [-0.15, -0.1) is 10.2 Å². The number of nitrogens with zero attached hydrogens (tertiary/aromatic N) is 3. The largest absolute Gasteiger partial charge is 0.385 e. The molecule has 0 radical (unpaired) electrons. The number of hydrogen-bond acceptors (Lipinski definition) is 4. The minimum absolute atomic E-state index is 0.570. The summed E-state index contributed by atoms with van der Waals surface area (Å²) in [4.78, 5) is 0. The highest BCUT2D eigenvalue weighted by Gasteiger charge is 2.13. The van der Waals surface area contributed by atoms with Crippen LogP contribution in [0.2, 0.25) is 0 Å². The fourth-order valence-corrected chi connectivity index (χ4v) is 1.22. The molecule has 1 atom stereocenters. The average molecular weight is 184 g/mol. The maximum atomic E-state index is 9.37. The van der Waals surface area contributed by atoms with E-state index in [2.05, 4.69) is 15.5 Å². The highest BCUT2D eigenvalue weighted by Crippen LogP contribution is 2.13. The van der Waals surface area contributed by atoms with Gasteiger partial charge < -0.3 is 10.4 Å². The molecule has 0 aromatic carbocycles. The van der Waals surface area contributed by atoms with Crippen LogP contribution in [0.5, 0.6) is 0 Å². The second kappa shape index (κ2) is 4.23. The Morgan fingerprint density at radius 1 is 1.46 bits per heavy atom. The molecule has 0 amide bonds. The van der Waals surface area contributed by atoms with Crippen molar-refractivity contribution in [3.05, 3.63) is 5.82 Å². The lowest BCUT2D eigenvalue weighted by Crippen LogP contribution is -2.10. The van der Waals surface area contributed by atoms with Gasteiger partial charge in [0.05, 0.1) is 0 Å². The van der Waals surface area contributed by atoms with Crippen molar-refractivity contribution in [1.82, 2.24) is 14.8 Å². The Hall–Kier alpha value is -1.10. The fourth-order valence-electron chi connectivity index (χ4n) is 1.22. The van der Waals surface area contributed by atoms with E-state index in [1.54, 1.807) is 6.92 Å². The lowest BCUT2D eigenvalue weighted by atomic mass is 10.4. The predicted molar refractivity (Wildman–Crippen MR) is 50.5 cm³/mol. The van der Waals surface area contributed by atoms with Gasteiger partial charge in [0.15, 0.2) is 5.82 Å². The quantitative estimate of drug-likeness (QED) is 0.726. The minimum Gasteiger partial charge on any atom is -0.385 e. The lowest BCUT2D eigenvalue weighted by Gasteiger charge is -2.08. The van der Waals surface area contributed by atoms with Gasteiger partial charge in [-0.2, -0.15) is 0 Å². The van der Waals surface area contributed by atoms with Gasteiger partial charge in [0.2, 0.25) is 5.95 Å². The van der Waals surface area contributed by atoms with Crippen LogP contribution >= 0.6 is 0 Å². The highest BCUT2D eigenvalue weighted by molar-refractivity contribution is 5.25. The van der Waals surface area contributed by atoms with Crippen molar-refractivity contribution in [2.24, 2.45) is 0 Å². The zero-order chi connectivity index (χ0) is 9.84. The summed E-state index contributed by atoms with van der Waals surface area (Å²) in [7, 11) is 0. The second-order valence-corrected chi connectivity index (χ2v) is 2.83. The van der Waals surface area contributed by atoms with Crippen LogP contribution in [0, 0.1) is 0 Å². The van der Waals surface area contributed by atoms with Crippen molar-refractivity contribution in [3.8, 4) is 0 Å². The molecule has 13 heavy (non-hydrogen) atoms. The third-order valence-electron chi connectivity index (χ3n) is 1.80.